The van der Waals surface area contributed by atoms with Crippen molar-refractivity contribution in [3.05, 3.63) is 35.6 Å². The summed E-state index contributed by atoms with van der Waals surface area (Å²) < 4.78 is 12.9. The van der Waals surface area contributed by atoms with Gasteiger partial charge in [-0.1, -0.05) is 19.1 Å². The number of carbonyl (C=O) groups is 1. The highest BCUT2D eigenvalue weighted by Gasteiger charge is 2.39. The summed E-state index contributed by atoms with van der Waals surface area (Å²) in [7, 11) is 0. The largest absolute Gasteiger partial charge is 0.319 e. The summed E-state index contributed by atoms with van der Waals surface area (Å²) in [4.78, 5) is 14.0. The van der Waals surface area contributed by atoms with Crippen molar-refractivity contribution in [1.82, 2.24) is 10.2 Å². The number of benzene rings is 1. The average molecular weight is 250 g/mol. The number of nitrogens with one attached hydrogen (secondary N) is 1. The summed E-state index contributed by atoms with van der Waals surface area (Å²) in [6.45, 7) is 5.96. The van der Waals surface area contributed by atoms with E-state index in [1.54, 1.807) is 12.1 Å². The summed E-state index contributed by atoms with van der Waals surface area (Å²) in [5.74, 6) is -0.148. The smallest absolute Gasteiger partial charge is 0.241 e. The molecule has 3 unspecified atom stereocenters. The average Bonchev–Trinajstić information content (AvgIpc) is 2.66. The molecule has 1 fully saturated rings. The Hall–Kier alpha value is -1.42. The second-order valence-corrected chi connectivity index (χ2v) is 4.85. The van der Waals surface area contributed by atoms with Gasteiger partial charge in [0.15, 0.2) is 0 Å². The first-order chi connectivity index (χ1) is 8.54. The van der Waals surface area contributed by atoms with Crippen LogP contribution in [0.3, 0.4) is 0 Å². The topological polar surface area (TPSA) is 32.3 Å². The Morgan fingerprint density at radius 1 is 1.39 bits per heavy atom. The molecule has 1 saturated heterocycles. The van der Waals surface area contributed by atoms with E-state index in [1.807, 2.05) is 18.7 Å². The summed E-state index contributed by atoms with van der Waals surface area (Å²) >= 11 is 0. The SMILES string of the molecule is CCC(C)N1C(=O)C(C)NC1c1ccc(F)cc1. The zero-order valence-corrected chi connectivity index (χ0v) is 11.0. The van der Waals surface area contributed by atoms with Crippen LogP contribution in [-0.4, -0.2) is 22.9 Å². The van der Waals surface area contributed by atoms with Crippen LogP contribution in [0.2, 0.25) is 0 Å². The lowest BCUT2D eigenvalue weighted by atomic mass is 10.1. The number of amides is 1. The standard InChI is InChI=1S/C14H19FN2O/c1-4-9(2)17-13(16-10(3)14(17)18)11-5-7-12(15)8-6-11/h5-10,13,16H,4H2,1-3H3. The second-order valence-electron chi connectivity index (χ2n) is 4.85. The zero-order valence-electron chi connectivity index (χ0n) is 11.0. The Morgan fingerprint density at radius 2 is 2.00 bits per heavy atom. The molecular formula is C14H19FN2O. The molecule has 3 nitrogen and oxygen atoms in total. The summed E-state index contributed by atoms with van der Waals surface area (Å²) in [5, 5.41) is 3.26. The Labute approximate surface area is 107 Å². The molecule has 3 atom stereocenters. The van der Waals surface area contributed by atoms with E-state index in [-0.39, 0.29) is 30.0 Å². The van der Waals surface area contributed by atoms with Gasteiger partial charge in [-0.15, -0.1) is 0 Å². The number of nitrogens with zero attached hydrogens (tertiary/aromatic N) is 1. The maximum atomic E-state index is 12.9. The maximum absolute atomic E-state index is 12.9. The molecule has 0 aliphatic carbocycles. The summed E-state index contributed by atoms with van der Waals surface area (Å²) in [6, 6.07) is 6.30. The molecule has 1 N–H and O–H groups in total. The van der Waals surface area contributed by atoms with Crippen molar-refractivity contribution < 1.29 is 9.18 Å². The van der Waals surface area contributed by atoms with E-state index in [9.17, 15) is 9.18 Å². The molecule has 1 aliphatic rings. The van der Waals surface area contributed by atoms with E-state index < -0.39 is 0 Å². The van der Waals surface area contributed by atoms with Crippen molar-refractivity contribution >= 4 is 5.91 Å². The van der Waals surface area contributed by atoms with Crippen LogP contribution in [-0.2, 0) is 4.79 Å². The van der Waals surface area contributed by atoms with E-state index in [2.05, 4.69) is 12.2 Å². The first-order valence-corrected chi connectivity index (χ1v) is 6.38. The van der Waals surface area contributed by atoms with E-state index in [0.717, 1.165) is 12.0 Å². The highest BCUT2D eigenvalue weighted by Crippen LogP contribution is 2.28. The summed E-state index contributed by atoms with van der Waals surface area (Å²) in [6.07, 6.45) is 0.751. The molecule has 1 amide bonds. The van der Waals surface area contributed by atoms with E-state index in [4.69, 9.17) is 0 Å². The van der Waals surface area contributed by atoms with E-state index in [0.29, 0.717) is 0 Å². The predicted octanol–water partition coefficient (Wildman–Crippen LogP) is 2.44. The molecule has 2 rings (SSSR count). The first kappa shape index (κ1) is 13.0. The van der Waals surface area contributed by atoms with Gasteiger partial charge in [0.05, 0.1) is 6.04 Å². The van der Waals surface area contributed by atoms with Gasteiger partial charge in [0, 0.05) is 6.04 Å². The first-order valence-electron chi connectivity index (χ1n) is 6.38. The van der Waals surface area contributed by atoms with Gasteiger partial charge >= 0.3 is 0 Å². The van der Waals surface area contributed by atoms with Crippen molar-refractivity contribution in [3.8, 4) is 0 Å². The van der Waals surface area contributed by atoms with Crippen molar-refractivity contribution in [2.45, 2.75) is 45.4 Å². The van der Waals surface area contributed by atoms with Crippen LogP contribution in [0.1, 0.15) is 38.9 Å². The Kier molecular flexibility index (Phi) is 3.66. The zero-order chi connectivity index (χ0) is 13.3. The monoisotopic (exact) mass is 250 g/mol. The van der Waals surface area contributed by atoms with Crippen LogP contribution in [0, 0.1) is 5.82 Å². The van der Waals surface area contributed by atoms with Crippen LogP contribution < -0.4 is 5.32 Å². The van der Waals surface area contributed by atoms with Crippen LogP contribution in [0.5, 0.6) is 0 Å². The molecule has 1 aromatic carbocycles. The van der Waals surface area contributed by atoms with Gasteiger partial charge in [0.25, 0.3) is 0 Å². The molecule has 4 heteroatoms. The molecule has 0 aromatic heterocycles. The molecule has 1 aliphatic heterocycles. The minimum absolute atomic E-state index is 0.110. The highest BCUT2D eigenvalue weighted by atomic mass is 19.1. The van der Waals surface area contributed by atoms with Crippen LogP contribution >= 0.6 is 0 Å². The van der Waals surface area contributed by atoms with Gasteiger partial charge in [-0.3, -0.25) is 10.1 Å². The quantitative estimate of drug-likeness (QED) is 0.893. The predicted molar refractivity (Wildman–Crippen MR) is 68.3 cm³/mol. The normalized spacial score (nSPS) is 25.6. The highest BCUT2D eigenvalue weighted by molar-refractivity contribution is 5.84. The van der Waals surface area contributed by atoms with E-state index >= 15 is 0 Å². The van der Waals surface area contributed by atoms with Crippen molar-refractivity contribution in [2.75, 3.05) is 0 Å². The van der Waals surface area contributed by atoms with Gasteiger partial charge in [0.1, 0.15) is 12.0 Å². The number of hydrogen-bond donors (Lipinski definition) is 1. The summed E-state index contributed by atoms with van der Waals surface area (Å²) in [5.41, 5.74) is 0.925. The van der Waals surface area contributed by atoms with Crippen LogP contribution in [0.15, 0.2) is 24.3 Å². The molecular weight excluding hydrogens is 231 g/mol. The second kappa shape index (κ2) is 5.06. The Balaban J connectivity index is 2.30. The minimum atomic E-state index is -0.258. The van der Waals surface area contributed by atoms with E-state index in [1.165, 1.54) is 12.1 Å². The third-order valence-electron chi connectivity index (χ3n) is 3.56. The van der Waals surface area contributed by atoms with Crippen LogP contribution in [0.25, 0.3) is 0 Å². The lowest BCUT2D eigenvalue weighted by Gasteiger charge is -2.30. The molecule has 1 aromatic rings. The van der Waals surface area contributed by atoms with Crippen LogP contribution in [0.4, 0.5) is 4.39 Å². The molecule has 0 spiro atoms. The number of carbonyl (C=O) groups excluding carboxylic acids is 1. The molecule has 0 bridgehead atoms. The molecule has 18 heavy (non-hydrogen) atoms. The maximum Gasteiger partial charge on any atom is 0.241 e. The van der Waals surface area contributed by atoms with Gasteiger partial charge in [-0.05, 0) is 38.0 Å². The molecule has 0 radical (unpaired) electrons. The van der Waals surface area contributed by atoms with Crippen molar-refractivity contribution in [2.24, 2.45) is 0 Å². The van der Waals surface area contributed by atoms with Gasteiger partial charge in [0.2, 0.25) is 5.91 Å². The number of rotatable bonds is 3. The van der Waals surface area contributed by atoms with Gasteiger partial charge < -0.3 is 4.90 Å². The van der Waals surface area contributed by atoms with Gasteiger partial charge in [-0.2, -0.15) is 0 Å². The fraction of sp³-hybridized carbons (Fsp3) is 0.500. The fourth-order valence-corrected chi connectivity index (χ4v) is 2.31. The lowest BCUT2D eigenvalue weighted by molar-refractivity contribution is -0.131. The van der Waals surface area contributed by atoms with Crippen molar-refractivity contribution in [3.63, 3.8) is 0 Å². The molecule has 98 valence electrons. The number of halogens is 1. The third kappa shape index (κ3) is 2.25. The van der Waals surface area contributed by atoms with Gasteiger partial charge in [-0.25, -0.2) is 4.39 Å². The minimum Gasteiger partial charge on any atom is -0.319 e. The third-order valence-corrected chi connectivity index (χ3v) is 3.56. The molecule has 1 heterocycles. The lowest BCUT2D eigenvalue weighted by Crippen LogP contribution is -2.37. The fourth-order valence-electron chi connectivity index (χ4n) is 2.31. The van der Waals surface area contributed by atoms with Crippen molar-refractivity contribution in [1.29, 1.82) is 0 Å². The Morgan fingerprint density at radius 3 is 2.56 bits per heavy atom. The Bertz CT molecular complexity index is 432. The molecule has 0 saturated carbocycles. The number of hydrogen-bond acceptors (Lipinski definition) is 2.